The lowest BCUT2D eigenvalue weighted by Crippen LogP contribution is -2.38. The molecule has 2 aromatic rings. The number of allylic oxidation sites excluding steroid dienone is 1. The van der Waals surface area contributed by atoms with E-state index in [1.807, 2.05) is 25.3 Å². The Balaban J connectivity index is 2.15. The van der Waals surface area contributed by atoms with Gasteiger partial charge in [-0.3, -0.25) is 4.79 Å². The fourth-order valence-corrected chi connectivity index (χ4v) is 3.44. The number of halogens is 1. The summed E-state index contributed by atoms with van der Waals surface area (Å²) in [6.07, 6.45) is 4.19. The van der Waals surface area contributed by atoms with E-state index in [9.17, 15) is 14.3 Å². The van der Waals surface area contributed by atoms with Crippen LogP contribution in [0, 0.1) is 11.7 Å². The van der Waals surface area contributed by atoms with Crippen molar-refractivity contribution in [1.29, 1.82) is 0 Å². The number of cyclic esters (lactones) is 1. The second-order valence-corrected chi connectivity index (χ2v) is 6.77. The van der Waals surface area contributed by atoms with E-state index in [0.29, 0.717) is 23.3 Å². The van der Waals surface area contributed by atoms with E-state index in [-0.39, 0.29) is 0 Å². The van der Waals surface area contributed by atoms with Gasteiger partial charge in [-0.05, 0) is 47.7 Å². The van der Waals surface area contributed by atoms with Crippen LogP contribution < -0.4 is 0 Å². The molecule has 0 spiro atoms. The molecule has 0 bridgehead atoms. The number of rotatable bonds is 5. The summed E-state index contributed by atoms with van der Waals surface area (Å²) in [5.41, 5.74) is -0.618. The van der Waals surface area contributed by atoms with Gasteiger partial charge in [0, 0.05) is 11.3 Å². The third-order valence-corrected chi connectivity index (χ3v) is 5.19. The minimum atomic E-state index is -1.63. The van der Waals surface area contributed by atoms with Crippen LogP contribution in [0.4, 0.5) is 4.39 Å². The van der Waals surface area contributed by atoms with E-state index >= 15 is 0 Å². The molecule has 0 amide bonds. The quantitative estimate of drug-likeness (QED) is 0.641. The average molecular weight is 358 g/mol. The van der Waals surface area contributed by atoms with Crippen LogP contribution in [0.25, 0.3) is 0 Å². The first kappa shape index (κ1) is 17.7. The van der Waals surface area contributed by atoms with E-state index in [4.69, 9.17) is 4.74 Å². The number of ether oxygens (including phenoxy) is 1. The van der Waals surface area contributed by atoms with Crippen molar-refractivity contribution in [2.24, 2.45) is 5.92 Å². The minimum Gasteiger partial charge on any atom is -0.431 e. The van der Waals surface area contributed by atoms with Gasteiger partial charge in [-0.1, -0.05) is 31.2 Å². The molecule has 1 heterocycles. The van der Waals surface area contributed by atoms with Crippen molar-refractivity contribution in [2.75, 3.05) is 6.26 Å². The summed E-state index contributed by atoms with van der Waals surface area (Å²) in [6.45, 7) is 1.88. The summed E-state index contributed by atoms with van der Waals surface area (Å²) in [5.74, 6) is -1.25. The van der Waals surface area contributed by atoms with Crippen LogP contribution in [0.3, 0.4) is 0 Å². The Hall–Kier alpha value is -2.11. The highest BCUT2D eigenvalue weighted by atomic mass is 32.2. The SMILES string of the molecule is CCC1=CC(C(O)(c2ccc(F)cc2)c2ccc(SC)cc2)C(=O)O1. The number of hydrogen-bond acceptors (Lipinski definition) is 4. The number of aliphatic hydroxyl groups is 1. The van der Waals surface area contributed by atoms with Crippen molar-refractivity contribution in [3.63, 3.8) is 0 Å². The first-order chi connectivity index (χ1) is 12.0. The van der Waals surface area contributed by atoms with Gasteiger partial charge in [0.25, 0.3) is 0 Å². The molecule has 0 aliphatic carbocycles. The number of carbonyl (C=O) groups is 1. The van der Waals surface area contributed by atoms with Gasteiger partial charge < -0.3 is 9.84 Å². The smallest absolute Gasteiger partial charge is 0.321 e. The molecular formula is C20H19FO3S. The molecule has 130 valence electrons. The van der Waals surface area contributed by atoms with Crippen LogP contribution >= 0.6 is 11.8 Å². The fourth-order valence-electron chi connectivity index (χ4n) is 3.04. The average Bonchev–Trinajstić information content (AvgIpc) is 3.03. The Morgan fingerprint density at radius 2 is 1.68 bits per heavy atom. The normalized spacial score (nSPS) is 19.3. The third kappa shape index (κ3) is 3.22. The zero-order chi connectivity index (χ0) is 18.0. The molecule has 3 nitrogen and oxygen atoms in total. The highest BCUT2D eigenvalue weighted by molar-refractivity contribution is 7.98. The highest BCUT2D eigenvalue weighted by Gasteiger charge is 2.47. The van der Waals surface area contributed by atoms with Gasteiger partial charge in [-0.2, -0.15) is 0 Å². The molecule has 2 unspecified atom stereocenters. The summed E-state index contributed by atoms with van der Waals surface area (Å²) in [5, 5.41) is 11.6. The summed E-state index contributed by atoms with van der Waals surface area (Å²) in [4.78, 5) is 13.5. The van der Waals surface area contributed by atoms with E-state index in [1.54, 1.807) is 30.0 Å². The maximum Gasteiger partial charge on any atom is 0.321 e. The number of thioether (sulfide) groups is 1. The second-order valence-electron chi connectivity index (χ2n) is 5.89. The summed E-state index contributed by atoms with van der Waals surface area (Å²) >= 11 is 1.59. The second kappa shape index (κ2) is 7.02. The largest absolute Gasteiger partial charge is 0.431 e. The van der Waals surface area contributed by atoms with Crippen LogP contribution in [-0.2, 0) is 15.1 Å². The van der Waals surface area contributed by atoms with Crippen molar-refractivity contribution >= 4 is 17.7 Å². The number of carbonyl (C=O) groups excluding carboxylic acids is 1. The number of hydrogen-bond donors (Lipinski definition) is 1. The van der Waals surface area contributed by atoms with Crippen LogP contribution in [-0.4, -0.2) is 17.3 Å². The molecule has 0 saturated heterocycles. The number of benzene rings is 2. The molecule has 1 N–H and O–H groups in total. The first-order valence-electron chi connectivity index (χ1n) is 8.04. The monoisotopic (exact) mass is 358 g/mol. The lowest BCUT2D eigenvalue weighted by atomic mass is 9.76. The van der Waals surface area contributed by atoms with Gasteiger partial charge in [-0.25, -0.2) is 4.39 Å². The van der Waals surface area contributed by atoms with Crippen LogP contribution in [0.15, 0.2) is 65.3 Å². The predicted molar refractivity (Wildman–Crippen MR) is 95.6 cm³/mol. The fraction of sp³-hybridized carbons (Fsp3) is 0.250. The predicted octanol–water partition coefficient (Wildman–Crippen LogP) is 4.25. The minimum absolute atomic E-state index is 0.400. The first-order valence-corrected chi connectivity index (χ1v) is 9.26. The van der Waals surface area contributed by atoms with Gasteiger partial charge >= 0.3 is 5.97 Å². The van der Waals surface area contributed by atoms with Crippen LogP contribution in [0.1, 0.15) is 24.5 Å². The molecule has 1 aliphatic heterocycles. The van der Waals surface area contributed by atoms with E-state index in [1.165, 1.54) is 24.3 Å². The Labute approximate surface area is 150 Å². The van der Waals surface area contributed by atoms with Crippen molar-refractivity contribution in [1.82, 2.24) is 0 Å². The van der Waals surface area contributed by atoms with Crippen molar-refractivity contribution in [3.8, 4) is 0 Å². The van der Waals surface area contributed by atoms with Gasteiger partial charge in [0.2, 0.25) is 0 Å². The lowest BCUT2D eigenvalue weighted by molar-refractivity contribution is -0.146. The van der Waals surface area contributed by atoms with Gasteiger partial charge in [0.1, 0.15) is 23.1 Å². The molecule has 0 aromatic heterocycles. The lowest BCUT2D eigenvalue weighted by Gasteiger charge is -2.32. The summed E-state index contributed by atoms with van der Waals surface area (Å²) < 4.78 is 18.6. The molecule has 1 aliphatic rings. The molecule has 2 atom stereocenters. The van der Waals surface area contributed by atoms with Gasteiger partial charge in [0.15, 0.2) is 0 Å². The molecule has 0 fully saturated rings. The van der Waals surface area contributed by atoms with Gasteiger partial charge in [0.05, 0.1) is 0 Å². The Morgan fingerprint density at radius 3 is 2.16 bits per heavy atom. The maximum absolute atomic E-state index is 13.4. The molecule has 5 heteroatoms. The molecule has 2 aromatic carbocycles. The summed E-state index contributed by atoms with van der Waals surface area (Å²) in [6, 6.07) is 12.9. The molecular weight excluding hydrogens is 339 g/mol. The zero-order valence-electron chi connectivity index (χ0n) is 14.0. The molecule has 25 heavy (non-hydrogen) atoms. The summed E-state index contributed by atoms with van der Waals surface area (Å²) in [7, 11) is 0. The van der Waals surface area contributed by atoms with E-state index in [0.717, 1.165) is 4.90 Å². The van der Waals surface area contributed by atoms with Crippen LogP contribution in [0.2, 0.25) is 0 Å². The number of esters is 1. The van der Waals surface area contributed by atoms with Gasteiger partial charge in [-0.15, -0.1) is 11.8 Å². The maximum atomic E-state index is 13.4. The molecule has 3 rings (SSSR count). The highest BCUT2D eigenvalue weighted by Crippen LogP contribution is 2.42. The standard InChI is InChI=1S/C20H19FO3S/c1-3-16-12-18(19(22)24-16)20(23,13-4-8-15(21)9-5-13)14-6-10-17(25-2)11-7-14/h4-12,18,23H,3H2,1-2H3. The van der Waals surface area contributed by atoms with E-state index < -0.39 is 23.3 Å². The Kier molecular flexibility index (Phi) is 4.97. The van der Waals surface area contributed by atoms with Crippen molar-refractivity contribution in [2.45, 2.75) is 23.8 Å². The van der Waals surface area contributed by atoms with Crippen LogP contribution in [0.5, 0.6) is 0 Å². The Bertz CT molecular complexity index is 799. The third-order valence-electron chi connectivity index (χ3n) is 4.45. The van der Waals surface area contributed by atoms with Crippen molar-refractivity contribution in [3.05, 3.63) is 77.3 Å². The van der Waals surface area contributed by atoms with E-state index in [2.05, 4.69) is 0 Å². The molecule has 0 saturated carbocycles. The Morgan fingerprint density at radius 1 is 1.12 bits per heavy atom. The van der Waals surface area contributed by atoms with Crippen molar-refractivity contribution < 1.29 is 19.0 Å². The topological polar surface area (TPSA) is 46.5 Å². The zero-order valence-corrected chi connectivity index (χ0v) is 14.8. The molecule has 0 radical (unpaired) electrons.